The van der Waals surface area contributed by atoms with E-state index in [4.69, 9.17) is 16.3 Å². The minimum absolute atomic E-state index is 0.187. The molecular weight excluding hydrogens is 336 g/mol. The summed E-state index contributed by atoms with van der Waals surface area (Å²) in [5.41, 5.74) is 2.84. The second-order valence-electron chi connectivity index (χ2n) is 5.62. The van der Waals surface area contributed by atoms with Gasteiger partial charge < -0.3 is 10.1 Å². The third-order valence-electron chi connectivity index (χ3n) is 3.61. The zero-order chi connectivity index (χ0) is 17.8. The predicted molar refractivity (Wildman–Crippen MR) is 99.6 cm³/mol. The molecule has 0 aliphatic heterocycles. The molecule has 2 aromatic carbocycles. The normalized spacial score (nSPS) is 10.4. The maximum atomic E-state index is 12.4. The minimum Gasteiger partial charge on any atom is -0.457 e. The van der Waals surface area contributed by atoms with Gasteiger partial charge >= 0.3 is 0 Å². The van der Waals surface area contributed by atoms with Crippen LogP contribution < -0.4 is 10.1 Å². The van der Waals surface area contributed by atoms with Crippen LogP contribution in [0.3, 0.4) is 0 Å². The molecule has 5 heteroatoms. The number of hydrogen-bond acceptors (Lipinski definition) is 3. The van der Waals surface area contributed by atoms with E-state index in [0.717, 1.165) is 5.69 Å². The quantitative estimate of drug-likeness (QED) is 0.684. The van der Waals surface area contributed by atoms with Gasteiger partial charge in [-0.05, 0) is 68.4 Å². The van der Waals surface area contributed by atoms with Gasteiger partial charge in [0.1, 0.15) is 11.5 Å². The number of carbonyl (C=O) groups excluding carboxylic acids is 1. The van der Waals surface area contributed by atoms with Crippen LogP contribution >= 0.6 is 11.6 Å². The molecule has 0 saturated carbocycles. The number of nitrogens with zero attached hydrogens (tertiary/aromatic N) is 1. The first-order chi connectivity index (χ1) is 12.0. The van der Waals surface area contributed by atoms with Crippen molar-refractivity contribution >= 4 is 23.2 Å². The third kappa shape index (κ3) is 4.37. The summed E-state index contributed by atoms with van der Waals surface area (Å²) in [6, 6.07) is 17.9. The Hall–Kier alpha value is -2.85. The fraction of sp³-hybridized carbons (Fsp3) is 0.100. The number of halogens is 1. The molecule has 1 amide bonds. The third-order valence-corrected chi connectivity index (χ3v) is 3.85. The van der Waals surface area contributed by atoms with Crippen molar-refractivity contribution in [2.75, 3.05) is 5.32 Å². The maximum Gasteiger partial charge on any atom is 0.257 e. The molecule has 0 aliphatic carbocycles. The Morgan fingerprint density at radius 1 is 1.00 bits per heavy atom. The van der Waals surface area contributed by atoms with E-state index in [9.17, 15) is 4.79 Å². The fourth-order valence-corrected chi connectivity index (χ4v) is 2.58. The fourth-order valence-electron chi connectivity index (χ4n) is 2.40. The standard InChI is InChI=1S/C20H17ClN2O2/c1-13-6-11-19(14(2)22-13)20(24)23-16-7-9-17(10-8-16)25-18-5-3-4-15(21)12-18/h3-12H,1-2H3,(H,23,24). The van der Waals surface area contributed by atoms with Crippen molar-refractivity contribution < 1.29 is 9.53 Å². The molecular formula is C20H17ClN2O2. The number of carbonyl (C=O) groups is 1. The summed E-state index contributed by atoms with van der Waals surface area (Å²) in [4.78, 5) is 16.7. The van der Waals surface area contributed by atoms with Crippen molar-refractivity contribution in [2.24, 2.45) is 0 Å². The molecule has 1 heterocycles. The van der Waals surface area contributed by atoms with Gasteiger partial charge in [0.15, 0.2) is 0 Å². The first kappa shape index (κ1) is 17.0. The van der Waals surface area contributed by atoms with E-state index in [-0.39, 0.29) is 5.91 Å². The first-order valence-electron chi connectivity index (χ1n) is 7.80. The van der Waals surface area contributed by atoms with Gasteiger partial charge in [-0.1, -0.05) is 17.7 Å². The highest BCUT2D eigenvalue weighted by Crippen LogP contribution is 2.25. The second kappa shape index (κ2) is 7.36. The number of aryl methyl sites for hydroxylation is 2. The summed E-state index contributed by atoms with van der Waals surface area (Å²) in [6.45, 7) is 3.72. The van der Waals surface area contributed by atoms with E-state index in [1.54, 1.807) is 42.5 Å². The lowest BCUT2D eigenvalue weighted by Gasteiger charge is -2.09. The van der Waals surface area contributed by atoms with Crippen molar-refractivity contribution in [3.8, 4) is 11.5 Å². The highest BCUT2D eigenvalue weighted by Gasteiger charge is 2.10. The van der Waals surface area contributed by atoms with Crippen LogP contribution in [0.5, 0.6) is 11.5 Å². The number of hydrogen-bond donors (Lipinski definition) is 1. The molecule has 4 nitrogen and oxygen atoms in total. The smallest absolute Gasteiger partial charge is 0.257 e. The number of aromatic nitrogens is 1. The summed E-state index contributed by atoms with van der Waals surface area (Å²) in [5, 5.41) is 3.48. The number of anilines is 1. The first-order valence-corrected chi connectivity index (χ1v) is 8.18. The van der Waals surface area contributed by atoms with Gasteiger partial charge in [-0.25, -0.2) is 0 Å². The SMILES string of the molecule is Cc1ccc(C(=O)Nc2ccc(Oc3cccc(Cl)c3)cc2)c(C)n1. The van der Waals surface area contributed by atoms with Crippen LogP contribution in [0.2, 0.25) is 5.02 Å². The molecule has 0 radical (unpaired) electrons. The van der Waals surface area contributed by atoms with Crippen LogP contribution in [0.15, 0.2) is 60.7 Å². The summed E-state index contributed by atoms with van der Waals surface area (Å²) in [6.07, 6.45) is 0. The van der Waals surface area contributed by atoms with E-state index in [2.05, 4.69) is 10.3 Å². The molecule has 1 N–H and O–H groups in total. The Labute approximate surface area is 151 Å². The molecule has 0 spiro atoms. The van der Waals surface area contributed by atoms with Crippen molar-refractivity contribution in [3.63, 3.8) is 0 Å². The van der Waals surface area contributed by atoms with E-state index >= 15 is 0 Å². The predicted octanol–water partition coefficient (Wildman–Crippen LogP) is 5.40. The molecule has 126 valence electrons. The van der Waals surface area contributed by atoms with Crippen molar-refractivity contribution in [2.45, 2.75) is 13.8 Å². The van der Waals surface area contributed by atoms with Gasteiger partial charge in [-0.2, -0.15) is 0 Å². The highest BCUT2D eigenvalue weighted by atomic mass is 35.5. The molecule has 3 rings (SSSR count). The van der Waals surface area contributed by atoms with Gasteiger partial charge in [0.05, 0.1) is 11.3 Å². The zero-order valence-electron chi connectivity index (χ0n) is 13.9. The lowest BCUT2D eigenvalue weighted by molar-refractivity contribution is 0.102. The van der Waals surface area contributed by atoms with Crippen molar-refractivity contribution in [1.29, 1.82) is 0 Å². The van der Waals surface area contributed by atoms with E-state index < -0.39 is 0 Å². The average Bonchev–Trinajstić information content (AvgIpc) is 2.56. The van der Waals surface area contributed by atoms with Gasteiger partial charge in [0.25, 0.3) is 5.91 Å². The number of benzene rings is 2. The largest absolute Gasteiger partial charge is 0.457 e. The molecule has 3 aromatic rings. The average molecular weight is 353 g/mol. The van der Waals surface area contributed by atoms with Crippen molar-refractivity contribution in [1.82, 2.24) is 4.98 Å². The van der Waals surface area contributed by atoms with Gasteiger partial charge in [0.2, 0.25) is 0 Å². The van der Waals surface area contributed by atoms with E-state index in [0.29, 0.717) is 33.5 Å². The molecule has 1 aromatic heterocycles. The monoisotopic (exact) mass is 352 g/mol. The lowest BCUT2D eigenvalue weighted by Crippen LogP contribution is -2.14. The number of pyridine rings is 1. The van der Waals surface area contributed by atoms with E-state index in [1.807, 2.05) is 32.0 Å². The number of ether oxygens (including phenoxy) is 1. The Balaban J connectivity index is 1.69. The summed E-state index contributed by atoms with van der Waals surface area (Å²) < 4.78 is 5.73. The molecule has 0 atom stereocenters. The summed E-state index contributed by atoms with van der Waals surface area (Å²) in [7, 11) is 0. The van der Waals surface area contributed by atoms with Crippen LogP contribution in [0.1, 0.15) is 21.7 Å². The van der Waals surface area contributed by atoms with E-state index in [1.165, 1.54) is 0 Å². The number of amides is 1. The molecule has 0 saturated heterocycles. The zero-order valence-corrected chi connectivity index (χ0v) is 14.7. The Kier molecular flexibility index (Phi) is 5.00. The lowest BCUT2D eigenvalue weighted by atomic mass is 10.1. The molecule has 0 bridgehead atoms. The van der Waals surface area contributed by atoms with Crippen LogP contribution in [-0.2, 0) is 0 Å². The Morgan fingerprint density at radius 2 is 1.76 bits per heavy atom. The molecule has 25 heavy (non-hydrogen) atoms. The Bertz CT molecular complexity index is 908. The van der Waals surface area contributed by atoms with Crippen molar-refractivity contribution in [3.05, 3.63) is 82.6 Å². The minimum atomic E-state index is -0.187. The molecule has 0 fully saturated rings. The van der Waals surface area contributed by atoms with Crippen LogP contribution in [0.4, 0.5) is 5.69 Å². The highest BCUT2D eigenvalue weighted by molar-refractivity contribution is 6.30. The topological polar surface area (TPSA) is 51.2 Å². The second-order valence-corrected chi connectivity index (χ2v) is 6.06. The van der Waals surface area contributed by atoms with Crippen LogP contribution in [-0.4, -0.2) is 10.9 Å². The van der Waals surface area contributed by atoms with Gasteiger partial charge in [-0.15, -0.1) is 0 Å². The summed E-state index contributed by atoms with van der Waals surface area (Å²) in [5.74, 6) is 1.13. The van der Waals surface area contributed by atoms with Gasteiger partial charge in [-0.3, -0.25) is 9.78 Å². The number of rotatable bonds is 4. The summed E-state index contributed by atoms with van der Waals surface area (Å²) >= 11 is 5.94. The van der Waals surface area contributed by atoms with Crippen LogP contribution in [0.25, 0.3) is 0 Å². The maximum absolute atomic E-state index is 12.4. The number of nitrogens with one attached hydrogen (secondary N) is 1. The van der Waals surface area contributed by atoms with Gasteiger partial charge in [0, 0.05) is 16.4 Å². The molecule has 0 unspecified atom stereocenters. The Morgan fingerprint density at radius 3 is 2.44 bits per heavy atom. The van der Waals surface area contributed by atoms with Crippen LogP contribution in [0, 0.1) is 13.8 Å². The molecule has 0 aliphatic rings.